The molecule has 3 saturated heterocycles. The lowest BCUT2D eigenvalue weighted by atomic mass is 9.70. The maximum Gasteiger partial charge on any atom is 0.250 e. The Bertz CT molecular complexity index is 1050. The van der Waals surface area contributed by atoms with E-state index in [1.54, 1.807) is 4.90 Å². The van der Waals surface area contributed by atoms with Gasteiger partial charge in [-0.3, -0.25) is 14.4 Å². The van der Waals surface area contributed by atoms with Crippen LogP contribution in [0.15, 0.2) is 24.3 Å². The van der Waals surface area contributed by atoms with Gasteiger partial charge in [-0.05, 0) is 56.9 Å². The summed E-state index contributed by atoms with van der Waals surface area (Å²) in [5.41, 5.74) is 0.524. The minimum absolute atomic E-state index is 0.0536. The molecule has 216 valence electrons. The summed E-state index contributed by atoms with van der Waals surface area (Å²) < 4.78 is 6.55. The normalized spacial score (nSPS) is 30.7. The molecule has 9 nitrogen and oxygen atoms in total. The number of halogens is 1. The van der Waals surface area contributed by atoms with Crippen LogP contribution in [0.3, 0.4) is 0 Å². The molecule has 3 amide bonds. The lowest BCUT2D eigenvalue weighted by molar-refractivity contribution is -0.145. The highest BCUT2D eigenvalue weighted by atomic mass is 79.9. The van der Waals surface area contributed by atoms with Crippen LogP contribution in [0, 0.1) is 17.8 Å². The number of aliphatic hydroxyl groups excluding tert-OH is 1. The second-order valence-electron chi connectivity index (χ2n) is 11.0. The molecule has 3 unspecified atom stereocenters. The third kappa shape index (κ3) is 5.08. The molecule has 0 aromatic heterocycles. The number of nitrogens with zero attached hydrogens (tertiary/aromatic N) is 2. The number of benzene rings is 1. The first-order valence-corrected chi connectivity index (χ1v) is 15.3. The molecule has 8 atom stereocenters. The maximum atomic E-state index is 14.2. The maximum absolute atomic E-state index is 14.2. The number of likely N-dealkylation sites (tertiary alicyclic amines) is 1. The fourth-order valence-electron chi connectivity index (χ4n) is 6.76. The highest BCUT2D eigenvalue weighted by Crippen LogP contribution is 2.60. The van der Waals surface area contributed by atoms with Crippen molar-refractivity contribution in [3.8, 4) is 0 Å². The molecular weight excluding hydrogens is 564 g/mol. The van der Waals surface area contributed by atoms with Gasteiger partial charge in [0.1, 0.15) is 11.6 Å². The van der Waals surface area contributed by atoms with Crippen molar-refractivity contribution < 1.29 is 24.2 Å². The minimum Gasteiger partial charge on any atom is -0.394 e. The van der Waals surface area contributed by atoms with Gasteiger partial charge in [-0.25, -0.2) is 0 Å². The Morgan fingerprint density at radius 3 is 2.41 bits per heavy atom. The predicted octanol–water partition coefficient (Wildman–Crippen LogP) is 3.15. The van der Waals surface area contributed by atoms with Gasteiger partial charge in [0.2, 0.25) is 17.7 Å². The van der Waals surface area contributed by atoms with E-state index < -0.39 is 35.6 Å². The van der Waals surface area contributed by atoms with Crippen LogP contribution in [-0.4, -0.2) is 82.6 Å². The largest absolute Gasteiger partial charge is 0.394 e. The molecule has 1 spiro atoms. The molecule has 3 aliphatic rings. The van der Waals surface area contributed by atoms with Gasteiger partial charge in [-0.2, -0.15) is 0 Å². The number of amides is 3. The first-order valence-electron chi connectivity index (χ1n) is 14.4. The molecule has 4 rings (SSSR count). The van der Waals surface area contributed by atoms with E-state index in [0.717, 1.165) is 31.6 Å². The molecule has 39 heavy (non-hydrogen) atoms. The Kier molecular flexibility index (Phi) is 9.28. The number of hydrogen-bond acceptors (Lipinski definition) is 6. The number of hydrogen-bond donors (Lipinski definition) is 3. The highest BCUT2D eigenvalue weighted by Gasteiger charge is 2.77. The van der Waals surface area contributed by atoms with E-state index in [4.69, 9.17) is 4.74 Å². The van der Waals surface area contributed by atoms with Gasteiger partial charge in [0, 0.05) is 35.8 Å². The van der Waals surface area contributed by atoms with Crippen LogP contribution < -0.4 is 15.5 Å². The van der Waals surface area contributed by atoms with E-state index in [1.165, 1.54) is 0 Å². The zero-order valence-corrected chi connectivity index (χ0v) is 25.2. The van der Waals surface area contributed by atoms with Crippen molar-refractivity contribution >= 4 is 45.0 Å². The van der Waals surface area contributed by atoms with Crippen molar-refractivity contribution in [2.24, 2.45) is 17.8 Å². The van der Waals surface area contributed by atoms with Gasteiger partial charge >= 0.3 is 0 Å². The lowest BCUT2D eigenvalue weighted by Crippen LogP contribution is -2.57. The summed E-state index contributed by atoms with van der Waals surface area (Å²) in [6.45, 7) is 12.1. The molecular formula is C29H43BrN4O5. The highest BCUT2D eigenvalue weighted by molar-refractivity contribution is 9.09. The van der Waals surface area contributed by atoms with E-state index in [2.05, 4.69) is 45.3 Å². The second kappa shape index (κ2) is 12.1. The van der Waals surface area contributed by atoms with E-state index >= 15 is 0 Å². The Balaban J connectivity index is 1.71. The van der Waals surface area contributed by atoms with Crippen molar-refractivity contribution in [3.05, 3.63) is 24.3 Å². The third-order valence-electron chi connectivity index (χ3n) is 8.94. The van der Waals surface area contributed by atoms with E-state index in [9.17, 15) is 19.5 Å². The number of aliphatic hydroxyl groups is 1. The van der Waals surface area contributed by atoms with Crippen molar-refractivity contribution in [2.75, 3.05) is 36.5 Å². The smallest absolute Gasteiger partial charge is 0.250 e. The summed E-state index contributed by atoms with van der Waals surface area (Å²) in [6, 6.07) is 6.12. The van der Waals surface area contributed by atoms with E-state index in [1.807, 2.05) is 45.0 Å². The van der Waals surface area contributed by atoms with Gasteiger partial charge < -0.3 is 30.3 Å². The van der Waals surface area contributed by atoms with Crippen molar-refractivity contribution in [3.63, 3.8) is 0 Å². The summed E-state index contributed by atoms with van der Waals surface area (Å²) in [5.74, 6) is -2.41. The summed E-state index contributed by atoms with van der Waals surface area (Å²) in [6.07, 6.45) is 1.42. The van der Waals surface area contributed by atoms with E-state index in [-0.39, 0.29) is 35.1 Å². The number of carbonyl (C=O) groups excluding carboxylic acids is 3. The van der Waals surface area contributed by atoms with Crippen LogP contribution >= 0.6 is 15.9 Å². The molecule has 2 bridgehead atoms. The Morgan fingerprint density at radius 2 is 1.85 bits per heavy atom. The molecule has 0 radical (unpaired) electrons. The first kappa shape index (κ1) is 29.8. The average Bonchev–Trinajstić information content (AvgIpc) is 3.52. The third-order valence-corrected chi connectivity index (χ3v) is 9.78. The summed E-state index contributed by atoms with van der Waals surface area (Å²) in [5, 5.41) is 16.4. The summed E-state index contributed by atoms with van der Waals surface area (Å²) in [4.78, 5) is 45.2. The Labute approximate surface area is 240 Å². The fourth-order valence-corrected chi connectivity index (χ4v) is 7.70. The van der Waals surface area contributed by atoms with Gasteiger partial charge in [0.05, 0.1) is 30.6 Å². The molecule has 3 N–H and O–H groups in total. The van der Waals surface area contributed by atoms with Gasteiger partial charge in [0.25, 0.3) is 0 Å². The molecule has 10 heteroatoms. The number of carbonyl (C=O) groups is 3. The summed E-state index contributed by atoms with van der Waals surface area (Å²) in [7, 11) is 0. The molecule has 3 heterocycles. The first-order chi connectivity index (χ1) is 18.7. The van der Waals surface area contributed by atoms with Crippen molar-refractivity contribution in [1.82, 2.24) is 10.2 Å². The zero-order valence-electron chi connectivity index (χ0n) is 23.7. The predicted molar refractivity (Wildman–Crippen MR) is 155 cm³/mol. The van der Waals surface area contributed by atoms with Gasteiger partial charge in [0.15, 0.2) is 0 Å². The number of nitrogens with one attached hydrogen (secondary N) is 2. The number of ether oxygens (including phenoxy) is 1. The SMILES string of the molecule is CCCNC(=O)[C@H]1[C@H]2C(=O)N([C@@H](CO)[C@@H](C)CC)C(C(=O)Nc3ccc(N(CC)CC)cc3)C23CC(Br)[C@@H]1O3. The molecule has 0 aliphatic carbocycles. The molecule has 3 aliphatic heterocycles. The van der Waals surface area contributed by atoms with Crippen LogP contribution in [0.25, 0.3) is 0 Å². The minimum atomic E-state index is -1.16. The number of alkyl halides is 1. The number of fused-ring (bicyclic) bond motifs is 1. The fraction of sp³-hybridized carbons (Fsp3) is 0.690. The lowest BCUT2D eigenvalue weighted by Gasteiger charge is -2.38. The molecule has 1 aromatic rings. The van der Waals surface area contributed by atoms with Crippen LogP contribution in [-0.2, 0) is 19.1 Å². The zero-order chi connectivity index (χ0) is 28.5. The van der Waals surface area contributed by atoms with Crippen molar-refractivity contribution in [2.45, 2.75) is 82.5 Å². The van der Waals surface area contributed by atoms with Crippen LogP contribution in [0.1, 0.15) is 53.9 Å². The quantitative estimate of drug-likeness (QED) is 0.315. The number of rotatable bonds is 12. The van der Waals surface area contributed by atoms with Crippen LogP contribution in [0.2, 0.25) is 0 Å². The standard InChI is InChI=1S/C29H43BrN4O5/c1-6-14-31-26(36)22-23-28(38)34(21(16-35)17(5)7-2)25(29(23)15-20(30)24(22)39-29)27(37)32-18-10-12-19(13-11-18)33(8-3)9-4/h10-13,17,20-25,35H,6-9,14-16H2,1-5H3,(H,31,36)(H,32,37)/t17-,20?,21-,22-,23-,24-,25?,29?/m0/s1. The van der Waals surface area contributed by atoms with Crippen molar-refractivity contribution in [1.29, 1.82) is 0 Å². The van der Waals surface area contributed by atoms with Crippen LogP contribution in [0.5, 0.6) is 0 Å². The van der Waals surface area contributed by atoms with Crippen LogP contribution in [0.4, 0.5) is 11.4 Å². The topological polar surface area (TPSA) is 111 Å². The van der Waals surface area contributed by atoms with E-state index in [0.29, 0.717) is 18.7 Å². The van der Waals surface area contributed by atoms with Gasteiger partial charge in [-0.1, -0.05) is 43.1 Å². The number of anilines is 2. The Morgan fingerprint density at radius 1 is 1.18 bits per heavy atom. The second-order valence-corrected chi connectivity index (χ2v) is 12.2. The molecule has 3 fully saturated rings. The molecule has 1 aromatic carbocycles. The molecule has 0 saturated carbocycles. The average molecular weight is 608 g/mol. The Hall–Kier alpha value is -2.17. The monoisotopic (exact) mass is 606 g/mol. The summed E-state index contributed by atoms with van der Waals surface area (Å²) >= 11 is 3.70. The van der Waals surface area contributed by atoms with Gasteiger partial charge in [-0.15, -0.1) is 0 Å².